The number of nitrogens with zero attached hydrogens (tertiary/aromatic N) is 4. The van der Waals surface area contributed by atoms with Crippen LogP contribution in [0.3, 0.4) is 0 Å². The van der Waals surface area contributed by atoms with E-state index in [1.165, 1.54) is 13.3 Å². The Labute approximate surface area is 180 Å². The molecule has 1 aliphatic rings. The summed E-state index contributed by atoms with van der Waals surface area (Å²) in [4.78, 5) is 10.6. The van der Waals surface area contributed by atoms with Crippen molar-refractivity contribution in [3.05, 3.63) is 36.0 Å². The summed E-state index contributed by atoms with van der Waals surface area (Å²) in [6.45, 7) is 0. The first-order valence-electron chi connectivity index (χ1n) is 9.86. The summed E-state index contributed by atoms with van der Waals surface area (Å²) in [7, 11) is 2.87. The number of rotatable bonds is 6. The summed E-state index contributed by atoms with van der Waals surface area (Å²) >= 11 is 0. The summed E-state index contributed by atoms with van der Waals surface area (Å²) in [5.74, 6) is -0.193. The van der Waals surface area contributed by atoms with Crippen molar-refractivity contribution in [3.63, 3.8) is 0 Å². The van der Waals surface area contributed by atoms with Gasteiger partial charge in [-0.1, -0.05) is 0 Å². The first-order chi connectivity index (χ1) is 14.5. The highest BCUT2D eigenvalue weighted by Crippen LogP contribution is 2.36. The number of aromatic nitrogens is 2. The van der Waals surface area contributed by atoms with Gasteiger partial charge >= 0.3 is 6.18 Å². The predicted octanol–water partition coefficient (Wildman–Crippen LogP) is 4.22. The lowest BCUT2D eigenvalue weighted by molar-refractivity contribution is -0.137. The maximum atomic E-state index is 13.5. The summed E-state index contributed by atoms with van der Waals surface area (Å²) in [5, 5.41) is 5.92. The number of halogens is 3. The second-order valence-corrected chi connectivity index (χ2v) is 10.2. The minimum Gasteiger partial charge on any atom is -0.365 e. The van der Waals surface area contributed by atoms with Crippen molar-refractivity contribution in [1.82, 2.24) is 14.9 Å². The lowest BCUT2D eigenvalue weighted by Crippen LogP contribution is -2.39. The molecule has 2 N–H and O–H groups in total. The van der Waals surface area contributed by atoms with Crippen LogP contribution in [-0.2, 0) is 15.9 Å². The van der Waals surface area contributed by atoms with Crippen molar-refractivity contribution in [2.24, 2.45) is 4.36 Å². The monoisotopic (exact) mass is 456 g/mol. The molecule has 1 heterocycles. The molecule has 0 saturated heterocycles. The second kappa shape index (κ2) is 8.99. The normalized spacial score (nSPS) is 21.0. The molecule has 1 aromatic carbocycles. The minimum absolute atomic E-state index is 0.0417. The lowest BCUT2D eigenvalue weighted by Gasteiger charge is -2.28. The van der Waals surface area contributed by atoms with E-state index in [4.69, 9.17) is 0 Å². The molecule has 0 bridgehead atoms. The van der Waals surface area contributed by atoms with Crippen LogP contribution in [0.15, 0.2) is 39.7 Å². The molecule has 1 aliphatic carbocycles. The highest BCUT2D eigenvalue weighted by Gasteiger charge is 2.37. The van der Waals surface area contributed by atoms with Gasteiger partial charge in [0, 0.05) is 42.2 Å². The molecule has 0 aliphatic heterocycles. The molecule has 1 unspecified atom stereocenters. The van der Waals surface area contributed by atoms with Gasteiger partial charge in [0.15, 0.2) is 0 Å². The zero-order valence-corrected chi connectivity index (χ0v) is 18.7. The Hall–Kier alpha value is -2.40. The van der Waals surface area contributed by atoms with Crippen LogP contribution < -0.4 is 10.6 Å². The summed E-state index contributed by atoms with van der Waals surface area (Å²) in [6.07, 6.45) is 0.387. The van der Waals surface area contributed by atoms with Gasteiger partial charge in [0.2, 0.25) is 5.95 Å². The van der Waals surface area contributed by atoms with Crippen LogP contribution in [0.25, 0.3) is 0 Å². The van der Waals surface area contributed by atoms with E-state index in [9.17, 15) is 17.4 Å². The first kappa shape index (κ1) is 23.3. The molecule has 2 aromatic rings. The van der Waals surface area contributed by atoms with Crippen LogP contribution in [0.2, 0.25) is 0 Å². The molecule has 170 valence electrons. The molecule has 31 heavy (non-hydrogen) atoms. The van der Waals surface area contributed by atoms with Crippen LogP contribution in [0, 0.1) is 0 Å². The van der Waals surface area contributed by atoms with Gasteiger partial charge < -0.3 is 15.5 Å². The maximum absolute atomic E-state index is 13.5. The summed E-state index contributed by atoms with van der Waals surface area (Å²) in [5.41, 5.74) is -0.333. The number of benzene rings is 1. The van der Waals surface area contributed by atoms with E-state index in [0.29, 0.717) is 10.6 Å². The molecule has 0 radical (unpaired) electrons. The Kier molecular flexibility index (Phi) is 6.75. The fraction of sp³-hybridized carbons (Fsp3) is 0.500. The first-order valence-corrected chi connectivity index (χ1v) is 11.8. The van der Waals surface area contributed by atoms with Crippen molar-refractivity contribution in [1.29, 1.82) is 0 Å². The fourth-order valence-corrected chi connectivity index (χ4v) is 4.54. The zero-order valence-electron chi connectivity index (χ0n) is 17.9. The molecule has 0 amide bonds. The van der Waals surface area contributed by atoms with E-state index in [1.807, 2.05) is 19.0 Å². The third-order valence-electron chi connectivity index (χ3n) is 5.46. The maximum Gasteiger partial charge on any atom is 0.421 e. The largest absolute Gasteiger partial charge is 0.421 e. The molecule has 1 saturated carbocycles. The van der Waals surface area contributed by atoms with Gasteiger partial charge in [0.05, 0.1) is 9.73 Å². The van der Waals surface area contributed by atoms with Crippen molar-refractivity contribution in [3.8, 4) is 0 Å². The molecule has 0 spiro atoms. The summed E-state index contributed by atoms with van der Waals surface area (Å²) in [6, 6.07) is 6.64. The van der Waals surface area contributed by atoms with Gasteiger partial charge in [-0.15, -0.1) is 0 Å². The topological polar surface area (TPSA) is 82.5 Å². The van der Waals surface area contributed by atoms with Gasteiger partial charge in [-0.25, -0.2) is 13.6 Å². The summed E-state index contributed by atoms with van der Waals surface area (Å²) < 4.78 is 56.8. The number of alkyl halides is 3. The Morgan fingerprint density at radius 3 is 2.45 bits per heavy atom. The van der Waals surface area contributed by atoms with Crippen molar-refractivity contribution < 1.29 is 17.4 Å². The number of hydrogen-bond donors (Lipinski definition) is 2. The fourth-order valence-electron chi connectivity index (χ4n) is 3.69. The van der Waals surface area contributed by atoms with E-state index >= 15 is 0 Å². The van der Waals surface area contributed by atoms with E-state index in [-0.39, 0.29) is 23.8 Å². The van der Waals surface area contributed by atoms with Crippen molar-refractivity contribution in [2.45, 2.75) is 42.4 Å². The Bertz CT molecular complexity index is 1030. The Morgan fingerprint density at radius 2 is 1.87 bits per heavy atom. The van der Waals surface area contributed by atoms with Crippen LogP contribution in [0.1, 0.15) is 24.8 Å². The standard InChI is InChI=1S/C20H27F3N6OS/c1-24-31(4,30)14-10-8-13(9-11-14)26-19-25-12-15(20(21,22)23)18(28-19)27-16-6-5-7-17(16)29(2)3/h8-12,16-17H,5-7H2,1-4H3,(H2,25,26,27,28)/t16-,17-,31?/m1/s1. The van der Waals surface area contributed by atoms with Crippen molar-refractivity contribution in [2.75, 3.05) is 38.0 Å². The number of anilines is 3. The number of likely N-dealkylation sites (N-methyl/N-ethyl adjacent to an activating group) is 1. The zero-order chi connectivity index (χ0) is 22.8. The van der Waals surface area contributed by atoms with Gasteiger partial charge in [-0.2, -0.15) is 18.2 Å². The highest BCUT2D eigenvalue weighted by atomic mass is 32.2. The van der Waals surface area contributed by atoms with E-state index in [0.717, 1.165) is 25.5 Å². The molecule has 7 nitrogen and oxygen atoms in total. The third kappa shape index (κ3) is 5.45. The van der Waals surface area contributed by atoms with Crippen LogP contribution >= 0.6 is 0 Å². The van der Waals surface area contributed by atoms with Crippen LogP contribution in [0.5, 0.6) is 0 Å². The van der Waals surface area contributed by atoms with Crippen LogP contribution in [-0.4, -0.2) is 58.6 Å². The minimum atomic E-state index is -4.57. The van der Waals surface area contributed by atoms with Gasteiger partial charge in [0.25, 0.3) is 0 Å². The molecule has 1 fully saturated rings. The van der Waals surface area contributed by atoms with Gasteiger partial charge in [0.1, 0.15) is 11.4 Å². The molecular weight excluding hydrogens is 429 g/mol. The van der Waals surface area contributed by atoms with Gasteiger partial charge in [-0.05, 0) is 57.6 Å². The molecule has 3 rings (SSSR count). The smallest absolute Gasteiger partial charge is 0.365 e. The average Bonchev–Trinajstić information content (AvgIpc) is 3.16. The highest BCUT2D eigenvalue weighted by molar-refractivity contribution is 7.93. The molecule has 11 heteroatoms. The molecular formula is C20H27F3N6OS. The molecule has 3 atom stereocenters. The Balaban J connectivity index is 1.87. The quantitative estimate of drug-likeness (QED) is 0.677. The second-order valence-electron chi connectivity index (χ2n) is 7.80. The van der Waals surface area contributed by atoms with E-state index in [1.54, 1.807) is 24.3 Å². The number of nitrogens with one attached hydrogen (secondary N) is 2. The van der Waals surface area contributed by atoms with Gasteiger partial charge in [-0.3, -0.25) is 0 Å². The van der Waals surface area contributed by atoms with Crippen molar-refractivity contribution >= 4 is 27.2 Å². The Morgan fingerprint density at radius 1 is 1.19 bits per heavy atom. The molecule has 1 aromatic heterocycles. The third-order valence-corrected chi connectivity index (χ3v) is 7.30. The lowest BCUT2D eigenvalue weighted by atomic mass is 10.1. The van der Waals surface area contributed by atoms with Crippen LogP contribution in [0.4, 0.5) is 30.6 Å². The average molecular weight is 457 g/mol. The SMILES string of the molecule is CN=S(C)(=O)c1ccc(Nc2ncc(C(F)(F)F)c(N[C@@H]3CCC[C@H]3N(C)C)n2)cc1. The predicted molar refractivity (Wildman–Crippen MR) is 116 cm³/mol. The van der Waals surface area contributed by atoms with E-state index in [2.05, 4.69) is 25.0 Å². The number of hydrogen-bond acceptors (Lipinski definition) is 7. The van der Waals surface area contributed by atoms with E-state index < -0.39 is 21.5 Å².